The van der Waals surface area contributed by atoms with Crippen molar-refractivity contribution in [2.45, 2.75) is 18.4 Å². The number of Topliss-reactive ketones (excluding diaryl/α,β-unsaturated/α-hetero) is 1. The van der Waals surface area contributed by atoms with Gasteiger partial charge in [-0.25, -0.2) is 0 Å². The molecular weight excluding hydrogens is 310 g/mol. The smallest absolute Gasteiger partial charge is 0.183 e. The van der Waals surface area contributed by atoms with Crippen molar-refractivity contribution in [3.05, 3.63) is 85.5 Å². The summed E-state index contributed by atoms with van der Waals surface area (Å²) < 4.78 is 5.79. The number of ether oxygens (including phenoxy) is 1. The van der Waals surface area contributed by atoms with Crippen LogP contribution in [-0.2, 0) is 0 Å². The number of benzene rings is 2. The van der Waals surface area contributed by atoms with Crippen molar-refractivity contribution in [2.75, 3.05) is 14.1 Å². The van der Waals surface area contributed by atoms with Gasteiger partial charge in [0.1, 0.15) is 11.5 Å². The number of carbonyl (C=O) groups is 1. The van der Waals surface area contributed by atoms with E-state index in [1.165, 1.54) is 0 Å². The Labute approximate surface area is 150 Å². The second-order valence-electron chi connectivity index (χ2n) is 6.18. The summed E-state index contributed by atoms with van der Waals surface area (Å²) in [5.74, 6) is 1.52. The molecule has 0 aliphatic carbocycles. The molecule has 0 spiro atoms. The van der Waals surface area contributed by atoms with E-state index in [0.29, 0.717) is 24.2 Å². The lowest BCUT2D eigenvalue weighted by Gasteiger charge is -2.37. The quantitative estimate of drug-likeness (QED) is 0.471. The second kappa shape index (κ2) is 8.45. The van der Waals surface area contributed by atoms with Gasteiger partial charge in [0.2, 0.25) is 0 Å². The molecule has 0 amide bonds. The van der Waals surface area contributed by atoms with Crippen molar-refractivity contribution in [3.8, 4) is 11.5 Å². The molecule has 3 heteroatoms. The van der Waals surface area contributed by atoms with Gasteiger partial charge in [-0.15, -0.1) is 13.2 Å². The lowest BCUT2D eigenvalue weighted by atomic mass is 9.82. The highest BCUT2D eigenvalue weighted by molar-refractivity contribution is 6.03. The summed E-state index contributed by atoms with van der Waals surface area (Å²) in [6.45, 7) is 7.63. The Morgan fingerprint density at radius 3 is 1.96 bits per heavy atom. The molecule has 0 N–H and O–H groups in total. The van der Waals surface area contributed by atoms with Gasteiger partial charge in [0, 0.05) is 5.56 Å². The minimum absolute atomic E-state index is 0.0589. The predicted octanol–water partition coefficient (Wildman–Crippen LogP) is 5.11. The van der Waals surface area contributed by atoms with E-state index >= 15 is 0 Å². The zero-order valence-corrected chi connectivity index (χ0v) is 14.9. The number of rotatable bonds is 9. The molecular formula is C22H25NO2. The molecule has 130 valence electrons. The van der Waals surface area contributed by atoms with Crippen LogP contribution < -0.4 is 4.74 Å². The summed E-state index contributed by atoms with van der Waals surface area (Å²) >= 11 is 0. The number of carbonyl (C=O) groups excluding carboxylic acids is 1. The highest BCUT2D eigenvalue weighted by atomic mass is 16.5. The third-order valence-corrected chi connectivity index (χ3v) is 4.34. The average molecular weight is 335 g/mol. The monoisotopic (exact) mass is 335 g/mol. The maximum atomic E-state index is 13.2. The van der Waals surface area contributed by atoms with Crippen LogP contribution in [0.15, 0.2) is 79.9 Å². The van der Waals surface area contributed by atoms with E-state index in [4.69, 9.17) is 4.74 Å². The van der Waals surface area contributed by atoms with Crippen LogP contribution in [0.5, 0.6) is 11.5 Å². The van der Waals surface area contributed by atoms with E-state index in [9.17, 15) is 4.79 Å². The van der Waals surface area contributed by atoms with E-state index < -0.39 is 5.54 Å². The number of ketones is 1. The number of hydrogen-bond acceptors (Lipinski definition) is 3. The van der Waals surface area contributed by atoms with Gasteiger partial charge >= 0.3 is 0 Å². The molecule has 0 saturated heterocycles. The molecule has 3 nitrogen and oxygen atoms in total. The molecule has 25 heavy (non-hydrogen) atoms. The number of hydrogen-bond donors (Lipinski definition) is 0. The Morgan fingerprint density at radius 1 is 0.960 bits per heavy atom. The molecule has 0 heterocycles. The van der Waals surface area contributed by atoms with E-state index in [2.05, 4.69) is 13.2 Å². The Hall–Kier alpha value is -2.65. The fraction of sp³-hybridized carbons (Fsp3) is 0.227. The number of para-hydroxylation sites is 1. The van der Waals surface area contributed by atoms with Crippen molar-refractivity contribution in [1.29, 1.82) is 0 Å². The first-order valence-electron chi connectivity index (χ1n) is 8.30. The molecule has 2 aromatic rings. The average Bonchev–Trinajstić information content (AvgIpc) is 2.62. The Morgan fingerprint density at radius 2 is 1.48 bits per heavy atom. The third kappa shape index (κ3) is 4.25. The molecule has 0 aromatic heterocycles. The Balaban J connectivity index is 2.25. The first-order valence-corrected chi connectivity index (χ1v) is 8.30. The minimum Gasteiger partial charge on any atom is -0.457 e. The van der Waals surface area contributed by atoms with Gasteiger partial charge in [-0.05, 0) is 63.3 Å². The summed E-state index contributed by atoms with van der Waals surface area (Å²) in [7, 11) is 3.83. The number of likely N-dealkylation sites (N-methyl/N-ethyl adjacent to an activating group) is 1. The fourth-order valence-corrected chi connectivity index (χ4v) is 2.88. The third-order valence-electron chi connectivity index (χ3n) is 4.34. The van der Waals surface area contributed by atoms with Gasteiger partial charge in [0.25, 0.3) is 0 Å². The van der Waals surface area contributed by atoms with E-state index in [1.807, 2.05) is 73.6 Å². The summed E-state index contributed by atoms with van der Waals surface area (Å²) in [6, 6.07) is 16.8. The Bertz CT molecular complexity index is 707. The van der Waals surface area contributed by atoms with Crippen LogP contribution in [0.3, 0.4) is 0 Å². The standard InChI is InChI=1S/C22H25NO2/c1-5-16-22(17-6-2,23(3)4)21(24)18-12-14-20(15-13-18)25-19-10-8-7-9-11-19/h5-15H,1-2,16-17H2,3-4H3. The highest BCUT2D eigenvalue weighted by Gasteiger charge is 2.38. The second-order valence-corrected chi connectivity index (χ2v) is 6.18. The molecule has 0 aliphatic heterocycles. The van der Waals surface area contributed by atoms with Crippen LogP contribution in [0.25, 0.3) is 0 Å². The van der Waals surface area contributed by atoms with E-state index in [-0.39, 0.29) is 5.78 Å². The van der Waals surface area contributed by atoms with Crippen molar-refractivity contribution in [1.82, 2.24) is 4.90 Å². The molecule has 0 fully saturated rings. The number of nitrogens with zero attached hydrogens (tertiary/aromatic N) is 1. The fourth-order valence-electron chi connectivity index (χ4n) is 2.88. The maximum Gasteiger partial charge on any atom is 0.183 e. The molecule has 0 radical (unpaired) electrons. The van der Waals surface area contributed by atoms with Gasteiger partial charge in [0.15, 0.2) is 5.78 Å². The largest absolute Gasteiger partial charge is 0.457 e. The molecule has 2 aromatic carbocycles. The summed E-state index contributed by atoms with van der Waals surface area (Å²) in [5.41, 5.74) is -0.0107. The SMILES string of the molecule is C=CCC(CC=C)(C(=O)c1ccc(Oc2ccccc2)cc1)N(C)C. The van der Waals surface area contributed by atoms with Gasteiger partial charge in [-0.1, -0.05) is 30.4 Å². The summed E-state index contributed by atoms with van der Waals surface area (Å²) in [4.78, 5) is 15.1. The molecule has 0 unspecified atom stereocenters. The van der Waals surface area contributed by atoms with Gasteiger partial charge in [-0.2, -0.15) is 0 Å². The lowest BCUT2D eigenvalue weighted by molar-refractivity contribution is 0.0690. The summed E-state index contributed by atoms with van der Waals surface area (Å²) in [5, 5.41) is 0. The lowest BCUT2D eigenvalue weighted by Crippen LogP contribution is -2.50. The van der Waals surface area contributed by atoms with Gasteiger partial charge in [-0.3, -0.25) is 9.69 Å². The van der Waals surface area contributed by atoms with Gasteiger partial charge < -0.3 is 4.74 Å². The highest BCUT2D eigenvalue weighted by Crippen LogP contribution is 2.29. The molecule has 2 rings (SSSR count). The Kier molecular flexibility index (Phi) is 6.31. The molecule has 0 aliphatic rings. The molecule has 0 saturated carbocycles. The van der Waals surface area contributed by atoms with E-state index in [0.717, 1.165) is 5.75 Å². The van der Waals surface area contributed by atoms with Crippen LogP contribution in [0, 0.1) is 0 Å². The zero-order valence-electron chi connectivity index (χ0n) is 14.9. The van der Waals surface area contributed by atoms with Crippen LogP contribution in [0.2, 0.25) is 0 Å². The first kappa shape index (κ1) is 18.7. The minimum atomic E-state index is -0.661. The first-order chi connectivity index (χ1) is 12.0. The van der Waals surface area contributed by atoms with Crippen LogP contribution in [0.1, 0.15) is 23.2 Å². The van der Waals surface area contributed by atoms with Crippen LogP contribution in [-0.4, -0.2) is 30.3 Å². The maximum absolute atomic E-state index is 13.2. The van der Waals surface area contributed by atoms with Crippen LogP contribution >= 0.6 is 0 Å². The topological polar surface area (TPSA) is 29.5 Å². The zero-order chi connectivity index (χ0) is 18.3. The van der Waals surface area contributed by atoms with Crippen LogP contribution in [0.4, 0.5) is 0 Å². The molecule has 0 atom stereocenters. The van der Waals surface area contributed by atoms with E-state index in [1.54, 1.807) is 12.2 Å². The van der Waals surface area contributed by atoms with Crippen molar-refractivity contribution in [3.63, 3.8) is 0 Å². The van der Waals surface area contributed by atoms with Crippen molar-refractivity contribution < 1.29 is 9.53 Å². The van der Waals surface area contributed by atoms with Crippen molar-refractivity contribution in [2.24, 2.45) is 0 Å². The van der Waals surface area contributed by atoms with Crippen molar-refractivity contribution >= 4 is 5.78 Å². The normalized spacial score (nSPS) is 11.2. The predicted molar refractivity (Wildman–Crippen MR) is 103 cm³/mol. The van der Waals surface area contributed by atoms with Gasteiger partial charge in [0.05, 0.1) is 5.54 Å². The summed E-state index contributed by atoms with van der Waals surface area (Å²) in [6.07, 6.45) is 4.70. The molecule has 0 bridgehead atoms.